The predicted molar refractivity (Wildman–Crippen MR) is 116 cm³/mol. The Morgan fingerprint density at radius 2 is 1.79 bits per heavy atom. The maximum Gasteiger partial charge on any atom is 0.416 e. The second kappa shape index (κ2) is 10.1. The molecule has 1 heterocycles. The summed E-state index contributed by atoms with van der Waals surface area (Å²) in [6.45, 7) is 3.56. The van der Waals surface area contributed by atoms with Gasteiger partial charge in [0.2, 0.25) is 11.0 Å². The van der Waals surface area contributed by atoms with E-state index in [1.54, 1.807) is 6.92 Å². The molecule has 0 aliphatic rings. The number of halogens is 4. The molecule has 0 saturated carbocycles. The molecule has 0 fully saturated rings. The van der Waals surface area contributed by atoms with Crippen molar-refractivity contribution in [2.24, 2.45) is 5.92 Å². The van der Waals surface area contributed by atoms with Crippen LogP contribution in [0.1, 0.15) is 36.2 Å². The second-order valence-electron chi connectivity index (χ2n) is 7.32. The van der Waals surface area contributed by atoms with Crippen LogP contribution in [0.5, 0.6) is 0 Å². The number of rotatable bonds is 7. The quantitative estimate of drug-likeness (QED) is 0.459. The van der Waals surface area contributed by atoms with Gasteiger partial charge in [-0.2, -0.15) is 13.2 Å². The zero-order chi connectivity index (χ0) is 24.2. The number of benzene rings is 2. The minimum Gasteiger partial charge on any atom is -0.340 e. The molecule has 0 aliphatic heterocycles. The average molecular weight is 480 g/mol. The first-order chi connectivity index (χ1) is 15.6. The van der Waals surface area contributed by atoms with Crippen LogP contribution in [0.25, 0.3) is 10.6 Å². The SMILES string of the molecule is CCC(C)C(NC(=O)c1cccc(C(F)(F)F)c1)C(=O)Nc1nnc(-c2ccc(F)cc2)s1. The molecule has 2 atom stereocenters. The first-order valence-electron chi connectivity index (χ1n) is 9.97. The molecule has 2 aromatic carbocycles. The van der Waals surface area contributed by atoms with Crippen LogP contribution < -0.4 is 10.6 Å². The number of nitrogens with zero attached hydrogens (tertiary/aromatic N) is 2. The third-order valence-electron chi connectivity index (χ3n) is 4.98. The van der Waals surface area contributed by atoms with E-state index in [1.165, 1.54) is 30.3 Å². The first-order valence-corrected chi connectivity index (χ1v) is 10.8. The molecule has 0 spiro atoms. The summed E-state index contributed by atoms with van der Waals surface area (Å²) in [6.07, 6.45) is -4.07. The third-order valence-corrected chi connectivity index (χ3v) is 5.87. The maximum absolute atomic E-state index is 13.1. The molecular formula is C22H20F4N4O2S. The summed E-state index contributed by atoms with van der Waals surface area (Å²) in [7, 11) is 0. The number of carbonyl (C=O) groups excluding carboxylic acids is 2. The van der Waals surface area contributed by atoms with Crippen LogP contribution in [0.3, 0.4) is 0 Å². The molecule has 2 amide bonds. The normalized spacial score (nSPS) is 13.3. The second-order valence-corrected chi connectivity index (χ2v) is 8.30. The van der Waals surface area contributed by atoms with Crippen molar-refractivity contribution in [3.8, 4) is 10.6 Å². The molecule has 11 heteroatoms. The molecule has 0 radical (unpaired) electrons. The molecular weight excluding hydrogens is 460 g/mol. The maximum atomic E-state index is 13.1. The standard InChI is InChI=1S/C22H20F4N4O2S/c1-3-12(2)17(27-18(31)14-5-4-6-15(11-14)22(24,25)26)19(32)28-21-30-29-20(33-21)13-7-9-16(23)10-8-13/h4-12,17H,3H2,1-2H3,(H,27,31)(H,28,30,32). The van der Waals surface area contributed by atoms with Gasteiger partial charge in [0.25, 0.3) is 5.91 Å². The van der Waals surface area contributed by atoms with Gasteiger partial charge < -0.3 is 5.32 Å². The molecule has 6 nitrogen and oxygen atoms in total. The number of carbonyl (C=O) groups is 2. The van der Waals surface area contributed by atoms with Gasteiger partial charge in [-0.25, -0.2) is 4.39 Å². The first kappa shape index (κ1) is 24.3. The van der Waals surface area contributed by atoms with E-state index >= 15 is 0 Å². The van der Waals surface area contributed by atoms with Gasteiger partial charge in [0.15, 0.2) is 0 Å². The van der Waals surface area contributed by atoms with Crippen LogP contribution in [0.2, 0.25) is 0 Å². The summed E-state index contributed by atoms with van der Waals surface area (Å²) >= 11 is 1.06. The number of alkyl halides is 3. The zero-order valence-corrected chi connectivity index (χ0v) is 18.4. The lowest BCUT2D eigenvalue weighted by Crippen LogP contribution is -2.47. The smallest absolute Gasteiger partial charge is 0.340 e. The Morgan fingerprint density at radius 3 is 2.42 bits per heavy atom. The van der Waals surface area contributed by atoms with Gasteiger partial charge in [-0.15, -0.1) is 10.2 Å². The van der Waals surface area contributed by atoms with Crippen LogP contribution in [-0.4, -0.2) is 28.1 Å². The molecule has 33 heavy (non-hydrogen) atoms. The van der Waals surface area contributed by atoms with Gasteiger partial charge in [-0.1, -0.05) is 37.7 Å². The third kappa shape index (κ3) is 6.13. The predicted octanol–water partition coefficient (Wildman–Crippen LogP) is 5.15. The molecule has 3 rings (SSSR count). The van der Waals surface area contributed by atoms with Gasteiger partial charge in [-0.3, -0.25) is 14.9 Å². The van der Waals surface area contributed by atoms with Gasteiger partial charge in [0, 0.05) is 11.1 Å². The number of nitrogens with one attached hydrogen (secondary N) is 2. The van der Waals surface area contributed by atoms with E-state index in [-0.39, 0.29) is 16.6 Å². The molecule has 2 N–H and O–H groups in total. The summed E-state index contributed by atoms with van der Waals surface area (Å²) in [6, 6.07) is 8.57. The highest BCUT2D eigenvalue weighted by Crippen LogP contribution is 2.30. The van der Waals surface area contributed by atoms with Crippen molar-refractivity contribution in [2.75, 3.05) is 5.32 Å². The Balaban J connectivity index is 1.74. The Hall–Kier alpha value is -3.34. The van der Waals surface area contributed by atoms with Crippen LogP contribution in [-0.2, 0) is 11.0 Å². The lowest BCUT2D eigenvalue weighted by atomic mass is 9.97. The van der Waals surface area contributed by atoms with Crippen molar-refractivity contribution in [1.82, 2.24) is 15.5 Å². The van der Waals surface area contributed by atoms with E-state index in [2.05, 4.69) is 20.8 Å². The van der Waals surface area contributed by atoms with Gasteiger partial charge >= 0.3 is 6.18 Å². The minimum absolute atomic E-state index is 0.168. The van der Waals surface area contributed by atoms with Crippen LogP contribution >= 0.6 is 11.3 Å². The Morgan fingerprint density at radius 1 is 1.09 bits per heavy atom. The number of aromatic nitrogens is 2. The van der Waals surface area contributed by atoms with E-state index in [4.69, 9.17) is 0 Å². The van der Waals surface area contributed by atoms with Crippen molar-refractivity contribution < 1.29 is 27.2 Å². The fourth-order valence-electron chi connectivity index (χ4n) is 2.93. The summed E-state index contributed by atoms with van der Waals surface area (Å²) in [5, 5.41) is 13.6. The minimum atomic E-state index is -4.59. The molecule has 174 valence electrons. The largest absolute Gasteiger partial charge is 0.416 e. The van der Waals surface area contributed by atoms with Crippen molar-refractivity contribution in [2.45, 2.75) is 32.5 Å². The van der Waals surface area contributed by atoms with Gasteiger partial charge in [-0.05, 0) is 48.4 Å². The van der Waals surface area contributed by atoms with E-state index in [0.717, 1.165) is 29.5 Å². The summed E-state index contributed by atoms with van der Waals surface area (Å²) in [5.41, 5.74) is -0.548. The Bertz CT molecular complexity index is 1130. The number of anilines is 1. The highest BCUT2D eigenvalue weighted by molar-refractivity contribution is 7.18. The van der Waals surface area contributed by atoms with Crippen molar-refractivity contribution in [1.29, 1.82) is 0 Å². The molecule has 1 aromatic heterocycles. The average Bonchev–Trinajstić information content (AvgIpc) is 3.25. The van der Waals surface area contributed by atoms with Crippen LogP contribution in [0.15, 0.2) is 48.5 Å². The lowest BCUT2D eigenvalue weighted by molar-refractivity contribution is -0.137. The van der Waals surface area contributed by atoms with Crippen LogP contribution in [0, 0.1) is 11.7 Å². The number of hydrogen-bond acceptors (Lipinski definition) is 5. The summed E-state index contributed by atoms with van der Waals surface area (Å²) < 4.78 is 52.0. The van der Waals surface area contributed by atoms with E-state index in [1.807, 2.05) is 6.92 Å². The van der Waals surface area contributed by atoms with E-state index in [0.29, 0.717) is 17.0 Å². The fraction of sp³-hybridized carbons (Fsp3) is 0.273. The van der Waals surface area contributed by atoms with Crippen LogP contribution in [0.4, 0.5) is 22.7 Å². The Labute approximate surface area is 191 Å². The molecule has 0 aliphatic carbocycles. The van der Waals surface area contributed by atoms with Gasteiger partial charge in [0.05, 0.1) is 5.56 Å². The number of hydrogen-bond donors (Lipinski definition) is 2. The topological polar surface area (TPSA) is 84.0 Å². The van der Waals surface area contributed by atoms with Gasteiger partial charge in [0.1, 0.15) is 16.9 Å². The van der Waals surface area contributed by atoms with Crippen molar-refractivity contribution >= 4 is 28.3 Å². The summed E-state index contributed by atoms with van der Waals surface area (Å²) in [4.78, 5) is 25.5. The monoisotopic (exact) mass is 480 g/mol. The molecule has 0 bridgehead atoms. The van der Waals surface area contributed by atoms with Crippen molar-refractivity contribution in [3.05, 3.63) is 65.5 Å². The molecule has 3 aromatic rings. The lowest BCUT2D eigenvalue weighted by Gasteiger charge is -2.23. The molecule has 0 saturated heterocycles. The number of amides is 2. The fourth-order valence-corrected chi connectivity index (χ4v) is 3.68. The van der Waals surface area contributed by atoms with E-state index in [9.17, 15) is 27.2 Å². The highest BCUT2D eigenvalue weighted by atomic mass is 32.1. The zero-order valence-electron chi connectivity index (χ0n) is 17.6. The van der Waals surface area contributed by atoms with Crippen molar-refractivity contribution in [3.63, 3.8) is 0 Å². The Kier molecular flexibility index (Phi) is 7.42. The molecule has 2 unspecified atom stereocenters. The van der Waals surface area contributed by atoms with E-state index < -0.39 is 35.4 Å². The summed E-state index contributed by atoms with van der Waals surface area (Å²) in [5.74, 6) is -2.09. The highest BCUT2D eigenvalue weighted by Gasteiger charge is 2.32.